The average Bonchev–Trinajstić information content (AvgIpc) is 2.27. The van der Waals surface area contributed by atoms with Gasteiger partial charge < -0.3 is 10.6 Å². The molecule has 0 aliphatic carbocycles. The Kier molecular flexibility index (Phi) is 4.77. The number of nitrogens with two attached hydrogens (primary N) is 1. The molecule has 0 saturated carbocycles. The van der Waals surface area contributed by atoms with Gasteiger partial charge in [0, 0.05) is 39.0 Å². The van der Waals surface area contributed by atoms with Crippen LogP contribution in [0.5, 0.6) is 0 Å². The molecule has 0 aromatic carbocycles. The Balaban J connectivity index is 2.34. The van der Waals surface area contributed by atoms with Gasteiger partial charge in [-0.15, -0.1) is 0 Å². The quantitative estimate of drug-likeness (QED) is 0.761. The molecule has 15 heavy (non-hydrogen) atoms. The van der Waals surface area contributed by atoms with Crippen LogP contribution in [-0.2, 0) is 11.2 Å². The number of rotatable bonds is 5. The summed E-state index contributed by atoms with van der Waals surface area (Å²) in [7, 11) is 1.80. The number of hydrogen-bond donors (Lipinski definition) is 1. The number of aromatic nitrogens is 1. The Morgan fingerprint density at radius 2 is 2.13 bits per heavy atom. The van der Waals surface area contributed by atoms with E-state index in [4.69, 9.17) is 5.73 Å². The molecule has 0 fully saturated rings. The summed E-state index contributed by atoms with van der Waals surface area (Å²) in [5, 5.41) is 0. The summed E-state index contributed by atoms with van der Waals surface area (Å²) < 4.78 is 0. The Bertz CT molecular complexity index is 300. The molecule has 0 aliphatic heterocycles. The topological polar surface area (TPSA) is 59.2 Å². The number of pyridine rings is 1. The predicted molar refractivity (Wildman–Crippen MR) is 59.2 cm³/mol. The Labute approximate surface area is 90.1 Å². The molecule has 0 radical (unpaired) electrons. The van der Waals surface area contributed by atoms with Crippen LogP contribution in [0.25, 0.3) is 0 Å². The molecule has 1 rings (SSSR count). The van der Waals surface area contributed by atoms with Gasteiger partial charge in [-0.05, 0) is 24.1 Å². The summed E-state index contributed by atoms with van der Waals surface area (Å²) in [5.74, 6) is 0.103. The van der Waals surface area contributed by atoms with Crippen molar-refractivity contribution in [2.24, 2.45) is 5.73 Å². The second kappa shape index (κ2) is 6.14. The second-order valence-electron chi connectivity index (χ2n) is 3.46. The van der Waals surface area contributed by atoms with Crippen molar-refractivity contribution in [3.8, 4) is 0 Å². The van der Waals surface area contributed by atoms with E-state index in [1.165, 1.54) is 5.56 Å². The van der Waals surface area contributed by atoms with E-state index in [2.05, 4.69) is 4.98 Å². The van der Waals surface area contributed by atoms with Crippen molar-refractivity contribution in [1.29, 1.82) is 0 Å². The van der Waals surface area contributed by atoms with Crippen molar-refractivity contribution in [2.45, 2.75) is 12.8 Å². The van der Waals surface area contributed by atoms with E-state index in [1.807, 2.05) is 12.1 Å². The minimum absolute atomic E-state index is 0.103. The Morgan fingerprint density at radius 3 is 2.73 bits per heavy atom. The standard InChI is InChI=1S/C11H17N3O/c1-14(11(15)2-6-12)9-5-10-3-7-13-8-4-10/h3-4,7-8H,2,5-6,9,12H2,1H3. The van der Waals surface area contributed by atoms with Gasteiger partial charge in [-0.3, -0.25) is 9.78 Å². The number of carbonyl (C=O) groups is 1. The lowest BCUT2D eigenvalue weighted by Gasteiger charge is -2.16. The maximum atomic E-state index is 11.4. The van der Waals surface area contributed by atoms with Crippen molar-refractivity contribution >= 4 is 5.91 Å². The highest BCUT2D eigenvalue weighted by molar-refractivity contribution is 5.76. The number of hydrogen-bond acceptors (Lipinski definition) is 3. The van der Waals surface area contributed by atoms with E-state index in [0.717, 1.165) is 13.0 Å². The van der Waals surface area contributed by atoms with Crippen LogP contribution in [0.2, 0.25) is 0 Å². The van der Waals surface area contributed by atoms with Gasteiger partial charge in [-0.25, -0.2) is 0 Å². The zero-order valence-electron chi connectivity index (χ0n) is 9.02. The molecule has 1 heterocycles. The van der Waals surface area contributed by atoms with E-state index in [1.54, 1.807) is 24.3 Å². The van der Waals surface area contributed by atoms with Crippen LogP contribution >= 0.6 is 0 Å². The Hall–Kier alpha value is -1.42. The molecule has 2 N–H and O–H groups in total. The van der Waals surface area contributed by atoms with Gasteiger partial charge in [-0.2, -0.15) is 0 Å². The third kappa shape index (κ3) is 4.08. The Morgan fingerprint density at radius 1 is 1.47 bits per heavy atom. The van der Waals surface area contributed by atoms with Crippen molar-refractivity contribution in [1.82, 2.24) is 9.88 Å². The minimum Gasteiger partial charge on any atom is -0.345 e. The fourth-order valence-electron chi connectivity index (χ4n) is 1.29. The van der Waals surface area contributed by atoms with Crippen LogP contribution in [-0.4, -0.2) is 35.9 Å². The normalized spacial score (nSPS) is 10.0. The van der Waals surface area contributed by atoms with Crippen LogP contribution in [0.4, 0.5) is 0 Å². The predicted octanol–water partition coefficient (Wildman–Crippen LogP) is 0.431. The lowest BCUT2D eigenvalue weighted by atomic mass is 10.2. The summed E-state index contributed by atoms with van der Waals surface area (Å²) in [6.45, 7) is 1.14. The van der Waals surface area contributed by atoms with Gasteiger partial charge in [0.15, 0.2) is 0 Å². The van der Waals surface area contributed by atoms with Crippen LogP contribution in [0.15, 0.2) is 24.5 Å². The lowest BCUT2D eigenvalue weighted by Crippen LogP contribution is -2.30. The molecular formula is C11H17N3O. The van der Waals surface area contributed by atoms with Gasteiger partial charge in [0.2, 0.25) is 5.91 Å². The van der Waals surface area contributed by atoms with E-state index < -0.39 is 0 Å². The average molecular weight is 207 g/mol. The highest BCUT2D eigenvalue weighted by Crippen LogP contribution is 1.99. The van der Waals surface area contributed by atoms with Crippen molar-refractivity contribution in [2.75, 3.05) is 20.1 Å². The first-order valence-electron chi connectivity index (χ1n) is 5.07. The minimum atomic E-state index is 0.103. The molecule has 1 aromatic heterocycles. The zero-order valence-corrected chi connectivity index (χ0v) is 9.02. The maximum absolute atomic E-state index is 11.4. The van der Waals surface area contributed by atoms with Gasteiger partial charge in [0.05, 0.1) is 0 Å². The van der Waals surface area contributed by atoms with Crippen LogP contribution in [0, 0.1) is 0 Å². The molecule has 0 spiro atoms. The van der Waals surface area contributed by atoms with Crippen molar-refractivity contribution in [3.63, 3.8) is 0 Å². The third-order valence-electron chi connectivity index (χ3n) is 2.27. The van der Waals surface area contributed by atoms with E-state index in [-0.39, 0.29) is 5.91 Å². The maximum Gasteiger partial charge on any atom is 0.223 e. The first-order valence-corrected chi connectivity index (χ1v) is 5.07. The smallest absolute Gasteiger partial charge is 0.223 e. The molecule has 4 nitrogen and oxygen atoms in total. The highest BCUT2D eigenvalue weighted by Gasteiger charge is 2.06. The fraction of sp³-hybridized carbons (Fsp3) is 0.455. The third-order valence-corrected chi connectivity index (χ3v) is 2.27. The summed E-state index contributed by atoms with van der Waals surface area (Å²) in [6, 6.07) is 3.92. The second-order valence-corrected chi connectivity index (χ2v) is 3.46. The van der Waals surface area contributed by atoms with E-state index in [0.29, 0.717) is 13.0 Å². The molecule has 0 unspecified atom stereocenters. The molecule has 4 heteroatoms. The molecule has 82 valence electrons. The molecule has 0 bridgehead atoms. The molecule has 0 aliphatic rings. The van der Waals surface area contributed by atoms with E-state index >= 15 is 0 Å². The van der Waals surface area contributed by atoms with Gasteiger partial charge >= 0.3 is 0 Å². The summed E-state index contributed by atoms with van der Waals surface area (Å²) in [6.07, 6.45) is 4.80. The van der Waals surface area contributed by atoms with E-state index in [9.17, 15) is 4.79 Å². The van der Waals surface area contributed by atoms with Crippen LogP contribution in [0.1, 0.15) is 12.0 Å². The highest BCUT2D eigenvalue weighted by atomic mass is 16.2. The summed E-state index contributed by atoms with van der Waals surface area (Å²) >= 11 is 0. The van der Waals surface area contributed by atoms with Crippen molar-refractivity contribution in [3.05, 3.63) is 30.1 Å². The molecule has 1 aromatic rings. The van der Waals surface area contributed by atoms with Crippen molar-refractivity contribution < 1.29 is 4.79 Å². The van der Waals surface area contributed by atoms with Gasteiger partial charge in [0.25, 0.3) is 0 Å². The fourth-order valence-corrected chi connectivity index (χ4v) is 1.29. The molecule has 0 atom stereocenters. The number of carbonyl (C=O) groups excluding carboxylic acids is 1. The molecular weight excluding hydrogens is 190 g/mol. The number of likely N-dealkylation sites (N-methyl/N-ethyl adjacent to an activating group) is 1. The SMILES string of the molecule is CN(CCc1ccncc1)C(=O)CCN. The zero-order chi connectivity index (χ0) is 11.1. The molecule has 0 saturated heterocycles. The summed E-state index contributed by atoms with van der Waals surface area (Å²) in [5.41, 5.74) is 6.51. The van der Waals surface area contributed by atoms with Gasteiger partial charge in [0.1, 0.15) is 0 Å². The first-order chi connectivity index (χ1) is 7.24. The first kappa shape index (κ1) is 11.7. The molecule has 1 amide bonds. The summed E-state index contributed by atoms with van der Waals surface area (Å²) in [4.78, 5) is 17.1. The monoisotopic (exact) mass is 207 g/mol. The lowest BCUT2D eigenvalue weighted by molar-refractivity contribution is -0.129. The van der Waals surface area contributed by atoms with Crippen LogP contribution in [0.3, 0.4) is 0 Å². The number of amides is 1. The van der Waals surface area contributed by atoms with Crippen LogP contribution < -0.4 is 5.73 Å². The van der Waals surface area contributed by atoms with Gasteiger partial charge in [-0.1, -0.05) is 0 Å². The largest absolute Gasteiger partial charge is 0.345 e. The number of nitrogens with zero attached hydrogens (tertiary/aromatic N) is 2.